The minimum absolute atomic E-state index is 0.0312. The molecule has 8 heteroatoms. The van der Waals surface area contributed by atoms with Gasteiger partial charge in [0.15, 0.2) is 11.5 Å². The molecule has 0 saturated heterocycles. The molecule has 1 aliphatic rings. The number of hydrogen-bond donors (Lipinski definition) is 1. The zero-order chi connectivity index (χ0) is 20.2. The highest BCUT2D eigenvalue weighted by atomic mass is 16.5. The Kier molecular flexibility index (Phi) is 5.24. The summed E-state index contributed by atoms with van der Waals surface area (Å²) in [6.45, 7) is 1.09. The number of carbonyl (C=O) groups excluding carboxylic acids is 1. The molecule has 148 valence electrons. The van der Waals surface area contributed by atoms with E-state index in [0.717, 1.165) is 16.9 Å². The predicted octanol–water partition coefficient (Wildman–Crippen LogP) is 2.83. The Morgan fingerprint density at radius 3 is 2.76 bits per heavy atom. The molecule has 1 aromatic carbocycles. The van der Waals surface area contributed by atoms with Gasteiger partial charge in [0.05, 0.1) is 25.5 Å². The van der Waals surface area contributed by atoms with Crippen LogP contribution in [0, 0.1) is 0 Å². The number of anilines is 2. The van der Waals surface area contributed by atoms with Crippen LogP contribution >= 0.6 is 0 Å². The smallest absolute Gasteiger partial charge is 0.255 e. The van der Waals surface area contributed by atoms with Crippen LogP contribution in [0.25, 0.3) is 0 Å². The van der Waals surface area contributed by atoms with E-state index in [1.54, 1.807) is 49.8 Å². The number of nitrogens with zero attached hydrogens (tertiary/aromatic N) is 4. The van der Waals surface area contributed by atoms with Gasteiger partial charge in [-0.15, -0.1) is 0 Å². The predicted molar refractivity (Wildman–Crippen MR) is 108 cm³/mol. The summed E-state index contributed by atoms with van der Waals surface area (Å²) in [4.78, 5) is 27.5. The third-order valence-corrected chi connectivity index (χ3v) is 4.77. The molecule has 0 radical (unpaired) electrons. The molecular formula is C21H21N5O3. The van der Waals surface area contributed by atoms with Gasteiger partial charge in [0.25, 0.3) is 5.91 Å². The molecule has 0 fully saturated rings. The molecule has 0 unspecified atom stereocenters. The van der Waals surface area contributed by atoms with E-state index in [1.165, 1.54) is 0 Å². The third-order valence-electron chi connectivity index (χ3n) is 4.77. The van der Waals surface area contributed by atoms with E-state index in [-0.39, 0.29) is 5.91 Å². The lowest BCUT2D eigenvalue weighted by molar-refractivity contribution is 0.0733. The molecule has 0 atom stereocenters. The van der Waals surface area contributed by atoms with Crippen LogP contribution in [0.4, 0.5) is 11.6 Å². The largest absolute Gasteiger partial charge is 0.493 e. The van der Waals surface area contributed by atoms with Crippen molar-refractivity contribution in [2.45, 2.75) is 13.0 Å². The molecule has 1 aliphatic heterocycles. The summed E-state index contributed by atoms with van der Waals surface area (Å²) in [5, 5.41) is 3.19. The van der Waals surface area contributed by atoms with Crippen molar-refractivity contribution < 1.29 is 14.3 Å². The maximum Gasteiger partial charge on any atom is 0.255 e. The lowest BCUT2D eigenvalue weighted by Gasteiger charge is -2.28. The zero-order valence-corrected chi connectivity index (χ0v) is 16.3. The average Bonchev–Trinajstić information content (AvgIpc) is 2.78. The minimum atomic E-state index is -0.0312. The molecular weight excluding hydrogens is 370 g/mol. The summed E-state index contributed by atoms with van der Waals surface area (Å²) in [6, 6.07) is 9.06. The summed E-state index contributed by atoms with van der Waals surface area (Å²) < 4.78 is 10.6. The van der Waals surface area contributed by atoms with E-state index in [2.05, 4.69) is 20.3 Å². The Balaban J connectivity index is 1.49. The highest BCUT2D eigenvalue weighted by molar-refractivity contribution is 5.94. The van der Waals surface area contributed by atoms with Crippen LogP contribution in [0.15, 0.2) is 48.9 Å². The second-order valence-corrected chi connectivity index (χ2v) is 6.58. The third kappa shape index (κ3) is 3.96. The van der Waals surface area contributed by atoms with Gasteiger partial charge in [0.2, 0.25) is 5.95 Å². The number of pyridine rings is 1. The van der Waals surface area contributed by atoms with Gasteiger partial charge in [-0.1, -0.05) is 0 Å². The van der Waals surface area contributed by atoms with Crippen LogP contribution in [0.5, 0.6) is 11.5 Å². The van der Waals surface area contributed by atoms with Crippen molar-refractivity contribution in [2.24, 2.45) is 0 Å². The molecule has 0 aliphatic carbocycles. The summed E-state index contributed by atoms with van der Waals surface area (Å²) in [7, 11) is 3.19. The number of rotatable bonds is 5. The van der Waals surface area contributed by atoms with Crippen LogP contribution in [-0.2, 0) is 13.0 Å². The number of ether oxygens (including phenoxy) is 2. The van der Waals surface area contributed by atoms with Crippen molar-refractivity contribution in [1.82, 2.24) is 19.9 Å². The maximum absolute atomic E-state index is 12.6. The van der Waals surface area contributed by atoms with Crippen LogP contribution in [0.2, 0.25) is 0 Å². The molecule has 29 heavy (non-hydrogen) atoms. The summed E-state index contributed by atoms with van der Waals surface area (Å²) in [5.41, 5.74) is 3.28. The van der Waals surface area contributed by atoms with Gasteiger partial charge in [-0.05, 0) is 24.3 Å². The van der Waals surface area contributed by atoms with Crippen LogP contribution < -0.4 is 14.8 Å². The maximum atomic E-state index is 12.6. The van der Waals surface area contributed by atoms with E-state index < -0.39 is 0 Å². The Hall–Kier alpha value is -3.68. The summed E-state index contributed by atoms with van der Waals surface area (Å²) in [6.07, 6.45) is 5.69. The molecule has 8 nitrogen and oxygen atoms in total. The molecule has 1 amide bonds. The lowest BCUT2D eigenvalue weighted by Crippen LogP contribution is -2.36. The Bertz CT molecular complexity index is 1030. The van der Waals surface area contributed by atoms with E-state index in [1.807, 2.05) is 18.2 Å². The van der Waals surface area contributed by atoms with Crippen LogP contribution in [-0.4, -0.2) is 46.5 Å². The average molecular weight is 391 g/mol. The number of fused-ring (bicyclic) bond motifs is 1. The molecule has 0 saturated carbocycles. The number of benzene rings is 1. The van der Waals surface area contributed by atoms with Gasteiger partial charge < -0.3 is 19.7 Å². The van der Waals surface area contributed by atoms with E-state index in [4.69, 9.17) is 9.47 Å². The monoisotopic (exact) mass is 391 g/mol. The van der Waals surface area contributed by atoms with E-state index in [0.29, 0.717) is 42.5 Å². The van der Waals surface area contributed by atoms with Crippen molar-refractivity contribution in [3.05, 3.63) is 65.7 Å². The fourth-order valence-corrected chi connectivity index (χ4v) is 3.26. The van der Waals surface area contributed by atoms with Crippen LogP contribution in [0.3, 0.4) is 0 Å². The van der Waals surface area contributed by atoms with Gasteiger partial charge in [0.1, 0.15) is 0 Å². The minimum Gasteiger partial charge on any atom is -0.493 e. The highest BCUT2D eigenvalue weighted by Gasteiger charge is 2.23. The normalized spacial score (nSPS) is 12.8. The Morgan fingerprint density at radius 1 is 1.14 bits per heavy atom. The topological polar surface area (TPSA) is 89.5 Å². The number of amides is 1. The molecule has 0 bridgehead atoms. The lowest BCUT2D eigenvalue weighted by atomic mass is 10.1. The van der Waals surface area contributed by atoms with Gasteiger partial charge >= 0.3 is 0 Å². The Labute approximate surface area is 168 Å². The SMILES string of the molecule is COc1ccc(Nc2ncc3c(n2)CCN(C(=O)c2cccnc2)C3)cc1OC. The van der Waals surface area contributed by atoms with Crippen molar-refractivity contribution >= 4 is 17.5 Å². The second-order valence-electron chi connectivity index (χ2n) is 6.58. The first-order chi connectivity index (χ1) is 14.2. The van der Waals surface area contributed by atoms with Crippen molar-refractivity contribution in [1.29, 1.82) is 0 Å². The first-order valence-corrected chi connectivity index (χ1v) is 9.21. The quantitative estimate of drug-likeness (QED) is 0.715. The van der Waals surface area contributed by atoms with Crippen LogP contribution in [0.1, 0.15) is 21.6 Å². The molecule has 3 aromatic rings. The summed E-state index contributed by atoms with van der Waals surface area (Å²) in [5.74, 6) is 1.75. The molecule has 2 aromatic heterocycles. The standard InChI is InChI=1S/C21H21N5O3/c1-28-18-6-5-16(10-19(18)29-2)24-21-23-12-15-13-26(9-7-17(15)25-21)20(27)14-4-3-8-22-11-14/h3-6,8,10-12H,7,9,13H2,1-2H3,(H,23,24,25). The van der Waals surface area contributed by atoms with Crippen molar-refractivity contribution in [3.8, 4) is 11.5 Å². The molecule has 0 spiro atoms. The number of methoxy groups -OCH3 is 2. The van der Waals surface area contributed by atoms with E-state index in [9.17, 15) is 4.79 Å². The molecule has 3 heterocycles. The van der Waals surface area contributed by atoms with Gasteiger partial charge in [-0.25, -0.2) is 9.97 Å². The van der Waals surface area contributed by atoms with Crippen molar-refractivity contribution in [2.75, 3.05) is 26.1 Å². The fraction of sp³-hybridized carbons (Fsp3) is 0.238. The summed E-state index contributed by atoms with van der Waals surface area (Å²) >= 11 is 0. The number of carbonyl (C=O) groups is 1. The number of aromatic nitrogens is 3. The van der Waals surface area contributed by atoms with Gasteiger partial charge in [-0.2, -0.15) is 0 Å². The zero-order valence-electron chi connectivity index (χ0n) is 16.3. The number of hydrogen-bond acceptors (Lipinski definition) is 7. The molecule has 4 rings (SSSR count). The molecule has 1 N–H and O–H groups in total. The second kappa shape index (κ2) is 8.14. The van der Waals surface area contributed by atoms with Gasteiger partial charge in [-0.3, -0.25) is 9.78 Å². The Morgan fingerprint density at radius 2 is 2.00 bits per heavy atom. The van der Waals surface area contributed by atoms with E-state index >= 15 is 0 Å². The van der Waals surface area contributed by atoms with Crippen molar-refractivity contribution in [3.63, 3.8) is 0 Å². The fourth-order valence-electron chi connectivity index (χ4n) is 3.26. The first-order valence-electron chi connectivity index (χ1n) is 9.21. The first kappa shape index (κ1) is 18.7. The number of nitrogens with one attached hydrogen (secondary N) is 1. The van der Waals surface area contributed by atoms with Gasteiger partial charge in [0, 0.05) is 55.4 Å². The highest BCUT2D eigenvalue weighted by Crippen LogP contribution is 2.31.